The molecule has 1 aliphatic heterocycles. The van der Waals surface area contributed by atoms with Gasteiger partial charge in [-0.25, -0.2) is 4.79 Å². The summed E-state index contributed by atoms with van der Waals surface area (Å²) in [6, 6.07) is 0. The summed E-state index contributed by atoms with van der Waals surface area (Å²) in [6.45, 7) is 12.5. The van der Waals surface area contributed by atoms with Crippen LogP contribution in [0.1, 0.15) is 73.4 Å². The van der Waals surface area contributed by atoms with E-state index in [1.54, 1.807) is 13.8 Å². The van der Waals surface area contributed by atoms with Crippen LogP contribution >= 0.6 is 0 Å². The van der Waals surface area contributed by atoms with Crippen LogP contribution in [0.5, 0.6) is 0 Å². The summed E-state index contributed by atoms with van der Waals surface area (Å²) in [4.78, 5) is 55.5. The van der Waals surface area contributed by atoms with Gasteiger partial charge >= 0.3 is 17.5 Å². The second-order valence-corrected chi connectivity index (χ2v) is 9.27. The van der Waals surface area contributed by atoms with Crippen LogP contribution in [-0.2, 0) is 24.5 Å². The molecular formula is C23H22NO7+. The number of ketones is 2. The molecule has 1 aromatic rings. The Morgan fingerprint density at radius 2 is 2.00 bits per heavy atom. The van der Waals surface area contributed by atoms with E-state index in [0.29, 0.717) is 11.1 Å². The standard InChI is InChI=1S/C23H22NO7/c1-10-22(4)15-12(20(28)30-10)9-29-19(15)18(27)17-16(22)13(31-11(2)25)8-21(3)14(26)6-7-23(17,21)24-5/h5,9-10,13H,6-8H2,1-4H3/q+1. The summed E-state index contributed by atoms with van der Waals surface area (Å²) >= 11 is 0. The van der Waals surface area contributed by atoms with Crippen LogP contribution < -0.4 is 0 Å². The Hall–Kier alpha value is -3.21. The van der Waals surface area contributed by atoms with Gasteiger partial charge < -0.3 is 13.9 Å². The Morgan fingerprint density at radius 3 is 2.65 bits per heavy atom. The summed E-state index contributed by atoms with van der Waals surface area (Å²) in [5, 5.41) is 0. The van der Waals surface area contributed by atoms with E-state index >= 15 is 0 Å². The number of carbonyl (C=O) groups is 4. The van der Waals surface area contributed by atoms with E-state index in [1.807, 2.05) is 6.92 Å². The van der Waals surface area contributed by atoms with Gasteiger partial charge in [-0.2, -0.15) is 0 Å². The number of Topliss-reactive ketones (excluding diaryl/α,β-unsaturated/α-hetero) is 2. The number of ether oxygens (including phenoxy) is 2. The van der Waals surface area contributed by atoms with Crippen LogP contribution in [0.3, 0.4) is 0 Å². The molecule has 5 atom stereocenters. The van der Waals surface area contributed by atoms with Crippen molar-refractivity contribution in [3.63, 3.8) is 0 Å². The lowest BCUT2D eigenvalue weighted by Gasteiger charge is -2.50. The van der Waals surface area contributed by atoms with E-state index < -0.39 is 46.3 Å². The molecule has 0 radical (unpaired) electrons. The number of furan rings is 1. The van der Waals surface area contributed by atoms with Crippen molar-refractivity contribution in [3.05, 3.63) is 39.1 Å². The predicted octanol–water partition coefficient (Wildman–Crippen LogP) is 3.00. The second-order valence-electron chi connectivity index (χ2n) is 9.27. The molecule has 0 spiro atoms. The number of hydrogen-bond donors (Lipinski definition) is 0. The third kappa shape index (κ3) is 2.00. The van der Waals surface area contributed by atoms with Gasteiger partial charge in [-0.15, -0.1) is 0 Å². The summed E-state index contributed by atoms with van der Waals surface area (Å²) in [5.74, 6) is -1.67. The van der Waals surface area contributed by atoms with Gasteiger partial charge in [-0.1, -0.05) is 4.85 Å². The Labute approximate surface area is 178 Å². The molecule has 5 rings (SSSR count). The summed E-state index contributed by atoms with van der Waals surface area (Å²) in [7, 11) is 0. The molecular weight excluding hydrogens is 402 g/mol. The average molecular weight is 424 g/mol. The van der Waals surface area contributed by atoms with E-state index in [2.05, 4.69) is 4.85 Å². The molecule has 0 saturated heterocycles. The SMILES string of the molecule is C#[N+]C12CCC(=O)C1(C)CC(OC(C)=O)C1=C2C(=O)c2occ3c2C1(C)C(C)OC3=O. The number of hydrogen-bond acceptors (Lipinski definition) is 7. The first-order valence-corrected chi connectivity index (χ1v) is 10.3. The highest BCUT2D eigenvalue weighted by atomic mass is 16.6. The quantitative estimate of drug-likeness (QED) is 0.638. The molecule has 5 unspecified atom stereocenters. The molecule has 0 amide bonds. The van der Waals surface area contributed by atoms with Crippen molar-refractivity contribution in [3.8, 4) is 6.57 Å². The van der Waals surface area contributed by atoms with Gasteiger partial charge in [0.05, 0.1) is 11.0 Å². The zero-order chi connectivity index (χ0) is 22.5. The zero-order valence-corrected chi connectivity index (χ0v) is 17.7. The van der Waals surface area contributed by atoms with Gasteiger partial charge in [0.25, 0.3) is 6.57 Å². The molecule has 3 aliphatic carbocycles. The molecule has 1 saturated carbocycles. The number of esters is 2. The first-order valence-electron chi connectivity index (χ1n) is 10.3. The van der Waals surface area contributed by atoms with E-state index in [0.717, 1.165) is 0 Å². The van der Waals surface area contributed by atoms with Crippen molar-refractivity contribution in [1.29, 1.82) is 0 Å². The molecule has 4 aliphatic rings. The molecule has 2 heterocycles. The van der Waals surface area contributed by atoms with Crippen LogP contribution in [0.15, 0.2) is 21.8 Å². The molecule has 8 nitrogen and oxygen atoms in total. The number of nitrogens with zero attached hydrogens (tertiary/aromatic N) is 1. The fraction of sp³-hybridized carbons (Fsp3) is 0.522. The lowest BCUT2D eigenvalue weighted by atomic mass is 9.51. The Kier molecular flexibility index (Phi) is 3.64. The Bertz CT molecular complexity index is 1180. The highest BCUT2D eigenvalue weighted by molar-refractivity contribution is 6.16. The van der Waals surface area contributed by atoms with Crippen LogP contribution in [0, 0.1) is 12.0 Å². The minimum atomic E-state index is -1.28. The summed E-state index contributed by atoms with van der Waals surface area (Å²) in [5.41, 5.74) is -2.09. The normalized spacial score (nSPS) is 38.1. The molecule has 31 heavy (non-hydrogen) atoms. The molecule has 0 N–H and O–H groups in total. The Balaban J connectivity index is 1.91. The van der Waals surface area contributed by atoms with E-state index in [9.17, 15) is 19.2 Å². The highest BCUT2D eigenvalue weighted by Crippen LogP contribution is 2.64. The average Bonchev–Trinajstić information content (AvgIpc) is 3.25. The minimum absolute atomic E-state index is 0.0212. The van der Waals surface area contributed by atoms with Crippen molar-refractivity contribution < 1.29 is 33.1 Å². The first kappa shape index (κ1) is 19.7. The van der Waals surface area contributed by atoms with Crippen molar-refractivity contribution in [2.45, 2.75) is 70.1 Å². The zero-order valence-electron chi connectivity index (χ0n) is 17.7. The molecule has 0 bridgehead atoms. The molecule has 160 valence electrons. The number of cyclic esters (lactones) is 1. The number of carbonyl (C=O) groups excluding carboxylic acids is 4. The summed E-state index contributed by atoms with van der Waals surface area (Å²) in [6.07, 6.45) is 0.265. The third-order valence-corrected chi connectivity index (χ3v) is 7.99. The van der Waals surface area contributed by atoms with Crippen molar-refractivity contribution in [2.75, 3.05) is 0 Å². The van der Waals surface area contributed by atoms with E-state index in [1.165, 1.54) is 13.2 Å². The maximum atomic E-state index is 13.8. The van der Waals surface area contributed by atoms with Gasteiger partial charge in [0.2, 0.25) is 5.78 Å². The lowest BCUT2D eigenvalue weighted by molar-refractivity contribution is -0.149. The van der Waals surface area contributed by atoms with Gasteiger partial charge in [0, 0.05) is 31.7 Å². The van der Waals surface area contributed by atoms with Crippen molar-refractivity contribution in [2.24, 2.45) is 5.41 Å². The number of rotatable bonds is 1. The first-order chi connectivity index (χ1) is 14.5. The molecule has 0 aromatic carbocycles. The second kappa shape index (κ2) is 5.72. The molecule has 1 fully saturated rings. The van der Waals surface area contributed by atoms with Gasteiger partial charge in [-0.05, 0) is 26.3 Å². The smallest absolute Gasteiger partial charge is 0.342 e. The maximum absolute atomic E-state index is 13.8. The van der Waals surface area contributed by atoms with Crippen LogP contribution in [-0.4, -0.2) is 41.3 Å². The van der Waals surface area contributed by atoms with Gasteiger partial charge in [0.1, 0.15) is 35.2 Å². The number of fused-ring (bicyclic) bond motifs is 3. The van der Waals surface area contributed by atoms with Gasteiger partial charge in [-0.3, -0.25) is 14.4 Å². The van der Waals surface area contributed by atoms with Crippen molar-refractivity contribution in [1.82, 2.24) is 0 Å². The van der Waals surface area contributed by atoms with E-state index in [4.69, 9.17) is 20.5 Å². The lowest BCUT2D eigenvalue weighted by Crippen LogP contribution is -2.60. The molecule has 1 aromatic heterocycles. The third-order valence-electron chi connectivity index (χ3n) is 7.99. The fourth-order valence-corrected chi connectivity index (χ4v) is 6.30. The molecule has 8 heteroatoms. The largest absolute Gasteiger partial charge is 0.460 e. The topological polar surface area (TPSA) is 104 Å². The van der Waals surface area contributed by atoms with E-state index in [-0.39, 0.29) is 41.9 Å². The maximum Gasteiger partial charge on any atom is 0.342 e. The van der Waals surface area contributed by atoms with Crippen LogP contribution in [0.4, 0.5) is 0 Å². The highest BCUT2D eigenvalue weighted by Gasteiger charge is 2.76. The van der Waals surface area contributed by atoms with Gasteiger partial charge in [0.15, 0.2) is 5.76 Å². The van der Waals surface area contributed by atoms with Crippen LogP contribution in [0.2, 0.25) is 0 Å². The fourth-order valence-electron chi connectivity index (χ4n) is 6.30. The Morgan fingerprint density at radius 1 is 1.29 bits per heavy atom. The predicted molar refractivity (Wildman–Crippen MR) is 106 cm³/mol. The summed E-state index contributed by atoms with van der Waals surface area (Å²) < 4.78 is 16.9. The van der Waals surface area contributed by atoms with Crippen molar-refractivity contribution >= 4 is 23.5 Å². The van der Waals surface area contributed by atoms with Crippen LogP contribution in [0.25, 0.3) is 4.85 Å². The monoisotopic (exact) mass is 424 g/mol. The minimum Gasteiger partial charge on any atom is -0.460 e.